The van der Waals surface area contributed by atoms with Crippen LogP contribution >= 0.6 is 0 Å². The van der Waals surface area contributed by atoms with Crippen LogP contribution in [0.25, 0.3) is 0 Å². The predicted molar refractivity (Wildman–Crippen MR) is 89.5 cm³/mol. The van der Waals surface area contributed by atoms with E-state index in [0.29, 0.717) is 5.71 Å². The van der Waals surface area contributed by atoms with Crippen LogP contribution in [0.15, 0.2) is 58.7 Å². The van der Waals surface area contributed by atoms with Gasteiger partial charge >= 0.3 is 0 Å². The molecule has 0 amide bonds. The lowest BCUT2D eigenvalue weighted by Gasteiger charge is -2.24. The van der Waals surface area contributed by atoms with Gasteiger partial charge in [0.15, 0.2) is 0 Å². The van der Waals surface area contributed by atoms with Crippen molar-refractivity contribution in [3.8, 4) is 0 Å². The Balaban J connectivity index is 1.76. The first-order chi connectivity index (χ1) is 10.3. The van der Waals surface area contributed by atoms with E-state index in [4.69, 9.17) is 11.1 Å². The molecule has 3 N–H and O–H groups in total. The molecular formula is C19H24N2. The van der Waals surface area contributed by atoms with Gasteiger partial charge in [-0.2, -0.15) is 0 Å². The molecule has 0 aromatic rings. The minimum atomic E-state index is 0.0590. The molecule has 0 fully saturated rings. The van der Waals surface area contributed by atoms with Crippen molar-refractivity contribution in [1.29, 1.82) is 5.41 Å². The van der Waals surface area contributed by atoms with E-state index in [1.165, 1.54) is 11.1 Å². The zero-order chi connectivity index (χ0) is 14.7. The van der Waals surface area contributed by atoms with Crippen LogP contribution in [0, 0.1) is 5.41 Å². The fraction of sp³-hybridized carbons (Fsp3) is 0.421. The number of nitrogens with two attached hydrogens (primary N) is 1. The fourth-order valence-corrected chi connectivity index (χ4v) is 3.36. The van der Waals surface area contributed by atoms with E-state index in [1.807, 2.05) is 0 Å². The number of hydrogen-bond donors (Lipinski definition) is 2. The van der Waals surface area contributed by atoms with Gasteiger partial charge in [-0.1, -0.05) is 36.5 Å². The summed E-state index contributed by atoms with van der Waals surface area (Å²) in [6.45, 7) is 0. The minimum absolute atomic E-state index is 0.0590. The van der Waals surface area contributed by atoms with Crippen molar-refractivity contribution in [1.82, 2.24) is 0 Å². The van der Waals surface area contributed by atoms with Crippen LogP contribution in [0.1, 0.15) is 44.9 Å². The Morgan fingerprint density at radius 3 is 2.57 bits per heavy atom. The van der Waals surface area contributed by atoms with Crippen molar-refractivity contribution >= 4 is 5.71 Å². The van der Waals surface area contributed by atoms with Crippen LogP contribution < -0.4 is 5.73 Å². The van der Waals surface area contributed by atoms with Crippen LogP contribution in [0.2, 0.25) is 0 Å². The first-order valence-electron chi connectivity index (χ1n) is 8.06. The Morgan fingerprint density at radius 2 is 1.90 bits per heavy atom. The van der Waals surface area contributed by atoms with Gasteiger partial charge < -0.3 is 11.1 Å². The van der Waals surface area contributed by atoms with Gasteiger partial charge in [-0.25, -0.2) is 0 Å². The highest BCUT2D eigenvalue weighted by Crippen LogP contribution is 2.31. The summed E-state index contributed by atoms with van der Waals surface area (Å²) in [6.07, 6.45) is 20.7. The van der Waals surface area contributed by atoms with Gasteiger partial charge in [-0.05, 0) is 67.2 Å². The topological polar surface area (TPSA) is 49.9 Å². The summed E-state index contributed by atoms with van der Waals surface area (Å²) in [5, 5.41) is 8.45. The first kappa shape index (κ1) is 14.3. The molecule has 3 aliphatic carbocycles. The molecule has 0 aromatic heterocycles. The SMILES string of the molecule is N=C(C1=CC=C(C2=CC=CCC2)CC1)C1=CCCCC1N. The van der Waals surface area contributed by atoms with Crippen molar-refractivity contribution in [2.24, 2.45) is 5.73 Å². The van der Waals surface area contributed by atoms with Gasteiger partial charge in [-0.15, -0.1) is 0 Å². The first-order valence-corrected chi connectivity index (χ1v) is 8.06. The van der Waals surface area contributed by atoms with Gasteiger partial charge in [-0.3, -0.25) is 0 Å². The van der Waals surface area contributed by atoms with E-state index in [0.717, 1.165) is 56.1 Å². The molecule has 1 atom stereocenters. The summed E-state index contributed by atoms with van der Waals surface area (Å²) < 4.78 is 0. The van der Waals surface area contributed by atoms with Crippen molar-refractivity contribution in [2.75, 3.05) is 0 Å². The molecule has 0 aromatic carbocycles. The quantitative estimate of drug-likeness (QED) is 0.741. The molecule has 0 aliphatic heterocycles. The molecule has 110 valence electrons. The normalized spacial score (nSPS) is 25.7. The standard InChI is InChI=1S/C19H24N2/c20-18-9-5-4-8-17(18)19(21)16-12-10-15(11-13-16)14-6-2-1-3-7-14/h1-2,6,8,10,12,18,21H,3-5,7,9,11,13,20H2. The summed E-state index contributed by atoms with van der Waals surface area (Å²) in [4.78, 5) is 0. The highest BCUT2D eigenvalue weighted by Gasteiger charge is 2.21. The van der Waals surface area contributed by atoms with Gasteiger partial charge in [0, 0.05) is 6.04 Å². The van der Waals surface area contributed by atoms with E-state index < -0.39 is 0 Å². The van der Waals surface area contributed by atoms with Crippen molar-refractivity contribution in [3.63, 3.8) is 0 Å². The molecule has 0 heterocycles. The molecular weight excluding hydrogens is 256 g/mol. The molecule has 0 radical (unpaired) electrons. The molecule has 3 aliphatic rings. The van der Waals surface area contributed by atoms with Gasteiger partial charge in [0.2, 0.25) is 0 Å². The van der Waals surface area contributed by atoms with Crippen LogP contribution in [0.3, 0.4) is 0 Å². The maximum Gasteiger partial charge on any atom is 0.0616 e. The maximum absolute atomic E-state index is 8.45. The maximum atomic E-state index is 8.45. The summed E-state index contributed by atoms with van der Waals surface area (Å²) in [5.41, 5.74) is 12.0. The zero-order valence-electron chi connectivity index (χ0n) is 12.6. The third kappa shape index (κ3) is 3.16. The molecule has 0 spiro atoms. The van der Waals surface area contributed by atoms with E-state index >= 15 is 0 Å². The van der Waals surface area contributed by atoms with Gasteiger partial charge in [0.25, 0.3) is 0 Å². The third-order valence-corrected chi connectivity index (χ3v) is 4.67. The van der Waals surface area contributed by atoms with E-state index in [-0.39, 0.29) is 6.04 Å². The van der Waals surface area contributed by atoms with E-state index in [1.54, 1.807) is 0 Å². The highest BCUT2D eigenvalue weighted by molar-refractivity contribution is 6.11. The summed E-state index contributed by atoms with van der Waals surface area (Å²) >= 11 is 0. The monoisotopic (exact) mass is 280 g/mol. The second kappa shape index (κ2) is 6.40. The van der Waals surface area contributed by atoms with E-state index in [2.05, 4.69) is 36.5 Å². The fourth-order valence-electron chi connectivity index (χ4n) is 3.36. The van der Waals surface area contributed by atoms with E-state index in [9.17, 15) is 0 Å². The Bertz CT molecular complexity index is 585. The van der Waals surface area contributed by atoms with Gasteiger partial charge in [0.1, 0.15) is 0 Å². The summed E-state index contributed by atoms with van der Waals surface area (Å²) in [7, 11) is 0. The lowest BCUT2D eigenvalue weighted by molar-refractivity contribution is 0.630. The Morgan fingerprint density at radius 1 is 1.05 bits per heavy atom. The highest BCUT2D eigenvalue weighted by atomic mass is 14.7. The zero-order valence-corrected chi connectivity index (χ0v) is 12.6. The predicted octanol–water partition coefficient (Wildman–Crippen LogP) is 4.37. The second-order valence-electron chi connectivity index (χ2n) is 6.11. The van der Waals surface area contributed by atoms with Gasteiger partial charge in [0.05, 0.1) is 5.71 Å². The van der Waals surface area contributed by atoms with Crippen molar-refractivity contribution < 1.29 is 0 Å². The number of nitrogens with one attached hydrogen (secondary N) is 1. The van der Waals surface area contributed by atoms with Crippen molar-refractivity contribution in [2.45, 2.75) is 51.0 Å². The summed E-state index contributed by atoms with van der Waals surface area (Å²) in [6, 6.07) is 0.0590. The summed E-state index contributed by atoms with van der Waals surface area (Å²) in [5.74, 6) is 0. The largest absolute Gasteiger partial charge is 0.324 e. The minimum Gasteiger partial charge on any atom is -0.324 e. The molecule has 2 nitrogen and oxygen atoms in total. The Kier molecular flexibility index (Phi) is 4.35. The average Bonchev–Trinajstić information content (AvgIpc) is 2.56. The molecule has 21 heavy (non-hydrogen) atoms. The second-order valence-corrected chi connectivity index (χ2v) is 6.11. The smallest absolute Gasteiger partial charge is 0.0616 e. The molecule has 0 saturated heterocycles. The third-order valence-electron chi connectivity index (χ3n) is 4.67. The molecule has 3 rings (SSSR count). The average molecular weight is 280 g/mol. The number of rotatable bonds is 3. The van der Waals surface area contributed by atoms with Crippen molar-refractivity contribution in [3.05, 3.63) is 58.7 Å². The Labute approximate surface area is 127 Å². The molecule has 0 bridgehead atoms. The van der Waals surface area contributed by atoms with Crippen LogP contribution in [0.4, 0.5) is 0 Å². The molecule has 2 heteroatoms. The van der Waals surface area contributed by atoms with Crippen LogP contribution in [-0.2, 0) is 0 Å². The van der Waals surface area contributed by atoms with Crippen LogP contribution in [0.5, 0.6) is 0 Å². The van der Waals surface area contributed by atoms with Crippen LogP contribution in [-0.4, -0.2) is 11.8 Å². The Hall–Kier alpha value is -1.67. The number of hydrogen-bond acceptors (Lipinski definition) is 2. The lowest BCUT2D eigenvalue weighted by atomic mass is 9.83. The lowest BCUT2D eigenvalue weighted by Crippen LogP contribution is -2.30. The molecule has 0 saturated carbocycles. The molecule has 1 unspecified atom stereocenters. The number of allylic oxidation sites excluding steroid dienone is 9.